The molecule has 3 rings (SSSR count). The number of nitrogens with zero attached hydrogens (tertiary/aromatic N) is 1. The second kappa shape index (κ2) is 6.41. The van der Waals surface area contributed by atoms with Gasteiger partial charge in [0.05, 0.1) is 4.90 Å². The Morgan fingerprint density at radius 3 is 2.25 bits per heavy atom. The van der Waals surface area contributed by atoms with Crippen molar-refractivity contribution in [3.8, 4) is 11.5 Å². The third-order valence-electron chi connectivity index (χ3n) is 3.43. The van der Waals surface area contributed by atoms with E-state index in [9.17, 15) is 12.8 Å². The van der Waals surface area contributed by atoms with Crippen molar-refractivity contribution in [3.63, 3.8) is 0 Å². The molecule has 124 valence electrons. The number of rotatable bonds is 4. The minimum absolute atomic E-state index is 0.0250. The number of benzene rings is 2. The molecule has 0 aliphatic heterocycles. The lowest BCUT2D eigenvalue weighted by Crippen LogP contribution is -2.03. The van der Waals surface area contributed by atoms with E-state index in [2.05, 4.69) is 4.98 Å². The Kier molecular flexibility index (Phi) is 4.47. The molecule has 3 aromatic rings. The van der Waals surface area contributed by atoms with Crippen LogP contribution in [0.15, 0.2) is 68.0 Å². The van der Waals surface area contributed by atoms with Crippen LogP contribution in [0, 0.1) is 12.7 Å². The van der Waals surface area contributed by atoms with Crippen molar-refractivity contribution >= 4 is 21.6 Å². The molecular weight excluding hydrogens is 349 g/mol. The summed E-state index contributed by atoms with van der Waals surface area (Å²) >= 11 is 1.16. The fourth-order valence-electron chi connectivity index (χ4n) is 2.14. The number of halogens is 1. The van der Waals surface area contributed by atoms with Gasteiger partial charge in [-0.2, -0.15) is 4.98 Å². The summed E-state index contributed by atoms with van der Waals surface area (Å²) in [5.41, 5.74) is 1.77. The Morgan fingerprint density at radius 1 is 1.04 bits per heavy atom. The van der Waals surface area contributed by atoms with Gasteiger partial charge in [0.2, 0.25) is 25.8 Å². The van der Waals surface area contributed by atoms with Gasteiger partial charge in [-0.15, -0.1) is 0 Å². The molecule has 0 unspecified atom stereocenters. The van der Waals surface area contributed by atoms with Gasteiger partial charge in [0, 0.05) is 5.56 Å². The topological polar surface area (TPSA) is 60.2 Å². The fraction of sp³-hybridized carbons (Fsp3) is 0.118. The third-order valence-corrected chi connectivity index (χ3v) is 5.88. The van der Waals surface area contributed by atoms with Gasteiger partial charge in [0.25, 0.3) is 0 Å². The second-order valence-electron chi connectivity index (χ2n) is 5.14. The zero-order valence-corrected chi connectivity index (χ0v) is 14.6. The van der Waals surface area contributed by atoms with E-state index < -0.39 is 15.7 Å². The lowest BCUT2D eigenvalue weighted by atomic mass is 10.1. The highest BCUT2D eigenvalue weighted by molar-refractivity contribution is 7.99. The van der Waals surface area contributed by atoms with Gasteiger partial charge in [-0.05, 0) is 49.6 Å². The number of hydrogen-bond acceptors (Lipinski definition) is 5. The van der Waals surface area contributed by atoms with Gasteiger partial charge in [0.15, 0.2) is 0 Å². The van der Waals surface area contributed by atoms with Gasteiger partial charge in [0.1, 0.15) is 5.82 Å². The number of oxazole rings is 1. The lowest BCUT2D eigenvalue weighted by molar-refractivity contribution is 0.471. The van der Waals surface area contributed by atoms with Crippen LogP contribution in [0.4, 0.5) is 4.39 Å². The molecule has 0 amide bonds. The first-order valence-electron chi connectivity index (χ1n) is 7.04. The summed E-state index contributed by atoms with van der Waals surface area (Å²) in [5.74, 6) is -0.264. The summed E-state index contributed by atoms with van der Waals surface area (Å²) in [6.45, 7) is 1.96. The maximum atomic E-state index is 13.0. The van der Waals surface area contributed by atoms with Crippen molar-refractivity contribution in [1.29, 1.82) is 0 Å². The molecule has 0 N–H and O–H groups in total. The molecule has 0 radical (unpaired) electrons. The van der Waals surface area contributed by atoms with Crippen molar-refractivity contribution in [1.82, 2.24) is 4.98 Å². The Bertz CT molecular complexity index is 962. The molecule has 0 aliphatic carbocycles. The first-order valence-corrected chi connectivity index (χ1v) is 9.75. The standard InChI is InChI=1S/C17H14FNO3S2/c1-11-3-5-12(6-4-11)15-19-16(17(22-15)23-2)24(20,21)14-9-7-13(18)8-10-14/h3-10H,1-2H3. The van der Waals surface area contributed by atoms with E-state index in [0.29, 0.717) is 5.56 Å². The fourth-order valence-corrected chi connectivity index (χ4v) is 4.28. The van der Waals surface area contributed by atoms with Gasteiger partial charge in [-0.25, -0.2) is 12.8 Å². The van der Waals surface area contributed by atoms with E-state index in [-0.39, 0.29) is 20.9 Å². The van der Waals surface area contributed by atoms with Crippen LogP contribution in [0.2, 0.25) is 0 Å². The van der Waals surface area contributed by atoms with E-state index in [1.54, 1.807) is 6.26 Å². The molecule has 2 aromatic carbocycles. The van der Waals surface area contributed by atoms with Crippen LogP contribution >= 0.6 is 11.8 Å². The molecule has 0 atom stereocenters. The van der Waals surface area contributed by atoms with Crippen LogP contribution < -0.4 is 0 Å². The van der Waals surface area contributed by atoms with Gasteiger partial charge >= 0.3 is 0 Å². The summed E-state index contributed by atoms with van der Waals surface area (Å²) in [6.07, 6.45) is 1.71. The SMILES string of the molecule is CSc1oc(-c2ccc(C)cc2)nc1S(=O)(=O)c1ccc(F)cc1. The molecule has 0 bridgehead atoms. The lowest BCUT2D eigenvalue weighted by Gasteiger charge is -2.01. The number of thioether (sulfide) groups is 1. The first-order chi connectivity index (χ1) is 11.4. The van der Waals surface area contributed by atoms with E-state index in [1.165, 1.54) is 12.1 Å². The Morgan fingerprint density at radius 2 is 1.67 bits per heavy atom. The predicted octanol–water partition coefficient (Wildman–Crippen LogP) is 4.34. The smallest absolute Gasteiger partial charge is 0.228 e. The van der Waals surface area contributed by atoms with Crippen LogP contribution in [-0.4, -0.2) is 19.7 Å². The number of hydrogen-bond donors (Lipinski definition) is 0. The molecule has 0 saturated carbocycles. The highest BCUT2D eigenvalue weighted by atomic mass is 32.2. The minimum Gasteiger partial charge on any atom is -0.428 e. The highest BCUT2D eigenvalue weighted by Crippen LogP contribution is 2.33. The number of aryl methyl sites for hydroxylation is 1. The summed E-state index contributed by atoms with van der Waals surface area (Å²) in [5, 5.41) is 0.0482. The van der Waals surface area contributed by atoms with Crippen molar-refractivity contribution < 1.29 is 17.2 Å². The average molecular weight is 363 g/mol. The average Bonchev–Trinajstić information content (AvgIpc) is 3.01. The molecule has 0 fully saturated rings. The van der Waals surface area contributed by atoms with E-state index in [0.717, 1.165) is 29.5 Å². The van der Waals surface area contributed by atoms with Crippen LogP contribution in [-0.2, 0) is 9.84 Å². The third kappa shape index (κ3) is 3.09. The van der Waals surface area contributed by atoms with Gasteiger partial charge in [-0.3, -0.25) is 0 Å². The molecule has 1 heterocycles. The van der Waals surface area contributed by atoms with E-state index >= 15 is 0 Å². The molecule has 1 aromatic heterocycles. The van der Waals surface area contributed by atoms with E-state index in [4.69, 9.17) is 4.42 Å². The molecule has 24 heavy (non-hydrogen) atoms. The summed E-state index contributed by atoms with van der Waals surface area (Å²) in [4.78, 5) is 4.16. The van der Waals surface area contributed by atoms with Crippen LogP contribution in [0.1, 0.15) is 5.56 Å². The minimum atomic E-state index is -3.89. The molecule has 4 nitrogen and oxygen atoms in total. The van der Waals surface area contributed by atoms with Crippen molar-refractivity contribution in [2.75, 3.05) is 6.26 Å². The number of aromatic nitrogens is 1. The Hall–Kier alpha value is -2.12. The summed E-state index contributed by atoms with van der Waals surface area (Å²) in [6, 6.07) is 12.1. The second-order valence-corrected chi connectivity index (χ2v) is 7.78. The molecule has 0 spiro atoms. The normalized spacial score (nSPS) is 11.6. The monoisotopic (exact) mass is 363 g/mol. The van der Waals surface area contributed by atoms with Crippen LogP contribution in [0.3, 0.4) is 0 Å². The highest BCUT2D eigenvalue weighted by Gasteiger charge is 2.28. The molecule has 0 aliphatic rings. The Labute approximate surface area is 143 Å². The summed E-state index contributed by atoms with van der Waals surface area (Å²) < 4.78 is 44.2. The van der Waals surface area contributed by atoms with Crippen LogP contribution in [0.5, 0.6) is 0 Å². The largest absolute Gasteiger partial charge is 0.428 e. The van der Waals surface area contributed by atoms with Crippen molar-refractivity contribution in [3.05, 3.63) is 59.9 Å². The summed E-state index contributed by atoms with van der Waals surface area (Å²) in [7, 11) is -3.89. The van der Waals surface area contributed by atoms with Crippen molar-refractivity contribution in [2.45, 2.75) is 21.9 Å². The van der Waals surface area contributed by atoms with Crippen molar-refractivity contribution in [2.24, 2.45) is 0 Å². The zero-order chi connectivity index (χ0) is 17.3. The predicted molar refractivity (Wildman–Crippen MR) is 90.3 cm³/mol. The Balaban J connectivity index is 2.10. The van der Waals surface area contributed by atoms with Gasteiger partial charge in [-0.1, -0.05) is 29.5 Å². The van der Waals surface area contributed by atoms with Crippen LogP contribution in [0.25, 0.3) is 11.5 Å². The number of sulfone groups is 1. The first kappa shape index (κ1) is 16.7. The maximum absolute atomic E-state index is 13.0. The van der Waals surface area contributed by atoms with E-state index in [1.807, 2.05) is 31.2 Å². The molecule has 7 heteroatoms. The quantitative estimate of drug-likeness (QED) is 0.510. The zero-order valence-electron chi connectivity index (χ0n) is 13.0. The van der Waals surface area contributed by atoms with Gasteiger partial charge < -0.3 is 4.42 Å². The maximum Gasteiger partial charge on any atom is 0.228 e. The molecular formula is C17H14FNO3S2. The molecule has 0 saturated heterocycles.